The second-order valence-electron chi connectivity index (χ2n) is 5.55. The fourth-order valence-electron chi connectivity index (χ4n) is 2.47. The molecule has 0 spiro atoms. The Morgan fingerprint density at radius 3 is 2.81 bits per heavy atom. The Balaban J connectivity index is 1.66. The topological polar surface area (TPSA) is 79.3 Å². The lowest BCUT2D eigenvalue weighted by atomic mass is 9.66. The Labute approximate surface area is 132 Å². The highest BCUT2D eigenvalue weighted by molar-refractivity contribution is 7.99. The SMILES string of the molecule is Cc1nc(CSCC(=O)NCC2(CC(=O)O)CCC2)cs1. The molecule has 2 rings (SSSR count). The van der Waals surface area contributed by atoms with E-state index in [1.165, 1.54) is 11.8 Å². The van der Waals surface area contributed by atoms with Crippen molar-refractivity contribution >= 4 is 35.0 Å². The van der Waals surface area contributed by atoms with Gasteiger partial charge in [0.1, 0.15) is 0 Å². The number of carbonyl (C=O) groups excluding carboxylic acids is 1. The van der Waals surface area contributed by atoms with Crippen LogP contribution in [-0.2, 0) is 15.3 Å². The molecule has 0 atom stereocenters. The van der Waals surface area contributed by atoms with Gasteiger partial charge in [0.2, 0.25) is 5.91 Å². The summed E-state index contributed by atoms with van der Waals surface area (Å²) in [5, 5.41) is 14.9. The molecule has 2 N–H and O–H groups in total. The highest BCUT2D eigenvalue weighted by Crippen LogP contribution is 2.43. The molecule has 1 fully saturated rings. The molecule has 116 valence electrons. The van der Waals surface area contributed by atoms with Crippen LogP contribution in [0.1, 0.15) is 36.4 Å². The molecule has 1 saturated carbocycles. The van der Waals surface area contributed by atoms with Gasteiger partial charge in [-0.15, -0.1) is 23.1 Å². The van der Waals surface area contributed by atoms with Crippen molar-refractivity contribution in [1.29, 1.82) is 0 Å². The molecule has 1 aromatic heterocycles. The Kier molecular flexibility index (Phi) is 5.64. The summed E-state index contributed by atoms with van der Waals surface area (Å²) in [5.41, 5.74) is 0.801. The fraction of sp³-hybridized carbons (Fsp3) is 0.643. The first-order chi connectivity index (χ1) is 9.99. The van der Waals surface area contributed by atoms with E-state index in [0.29, 0.717) is 12.3 Å². The summed E-state index contributed by atoms with van der Waals surface area (Å²) in [6, 6.07) is 0. The lowest BCUT2D eigenvalue weighted by Gasteiger charge is -2.40. The summed E-state index contributed by atoms with van der Waals surface area (Å²) in [4.78, 5) is 27.0. The fourth-order valence-corrected chi connectivity index (χ4v) is 3.94. The summed E-state index contributed by atoms with van der Waals surface area (Å²) in [7, 11) is 0. The van der Waals surface area contributed by atoms with Gasteiger partial charge in [-0.05, 0) is 25.2 Å². The van der Waals surface area contributed by atoms with Crippen LogP contribution in [0.25, 0.3) is 0 Å². The van der Waals surface area contributed by atoms with Crippen LogP contribution in [-0.4, -0.2) is 34.3 Å². The zero-order valence-corrected chi connectivity index (χ0v) is 13.7. The number of amides is 1. The van der Waals surface area contributed by atoms with E-state index in [4.69, 9.17) is 5.11 Å². The molecule has 0 aliphatic heterocycles. The third-order valence-electron chi connectivity index (χ3n) is 3.75. The maximum atomic E-state index is 11.8. The number of aromatic nitrogens is 1. The Morgan fingerprint density at radius 1 is 1.52 bits per heavy atom. The van der Waals surface area contributed by atoms with Crippen molar-refractivity contribution in [2.75, 3.05) is 12.3 Å². The first-order valence-electron chi connectivity index (χ1n) is 6.96. The Hall–Kier alpha value is -1.08. The third kappa shape index (κ3) is 5.00. The van der Waals surface area contributed by atoms with E-state index >= 15 is 0 Å². The molecular formula is C14H20N2O3S2. The first kappa shape index (κ1) is 16.3. The van der Waals surface area contributed by atoms with E-state index in [1.54, 1.807) is 11.3 Å². The van der Waals surface area contributed by atoms with Crippen LogP contribution in [0.3, 0.4) is 0 Å². The summed E-state index contributed by atoms with van der Waals surface area (Å²) < 4.78 is 0. The zero-order valence-electron chi connectivity index (χ0n) is 12.1. The molecule has 1 aliphatic rings. The van der Waals surface area contributed by atoms with Crippen LogP contribution in [0, 0.1) is 12.3 Å². The number of aliphatic carboxylic acids is 1. The molecule has 21 heavy (non-hydrogen) atoms. The Morgan fingerprint density at radius 2 is 2.29 bits per heavy atom. The van der Waals surface area contributed by atoms with Crippen molar-refractivity contribution in [2.45, 2.75) is 38.4 Å². The van der Waals surface area contributed by atoms with E-state index < -0.39 is 5.97 Å². The monoisotopic (exact) mass is 328 g/mol. The maximum Gasteiger partial charge on any atom is 0.303 e. The second kappa shape index (κ2) is 7.26. The van der Waals surface area contributed by atoms with Crippen LogP contribution in [0.5, 0.6) is 0 Å². The van der Waals surface area contributed by atoms with E-state index in [-0.39, 0.29) is 17.7 Å². The molecule has 0 unspecified atom stereocenters. The number of thioether (sulfide) groups is 1. The standard InChI is InChI=1S/C14H20N2O3S2/c1-10-16-11(7-21-10)6-20-8-12(17)15-9-14(3-2-4-14)5-13(18)19/h7H,2-6,8-9H2,1H3,(H,15,17)(H,18,19). The van der Waals surface area contributed by atoms with Crippen molar-refractivity contribution in [3.63, 3.8) is 0 Å². The number of aryl methyl sites for hydroxylation is 1. The van der Waals surface area contributed by atoms with Gasteiger partial charge in [0.15, 0.2) is 0 Å². The summed E-state index contributed by atoms with van der Waals surface area (Å²) >= 11 is 3.15. The Bertz CT molecular complexity index is 512. The van der Waals surface area contributed by atoms with Crippen LogP contribution in [0.4, 0.5) is 0 Å². The maximum absolute atomic E-state index is 11.8. The van der Waals surface area contributed by atoms with E-state index in [2.05, 4.69) is 10.3 Å². The molecular weight excluding hydrogens is 308 g/mol. The smallest absolute Gasteiger partial charge is 0.303 e. The van der Waals surface area contributed by atoms with Crippen molar-refractivity contribution in [3.8, 4) is 0 Å². The summed E-state index contributed by atoms with van der Waals surface area (Å²) in [6.07, 6.45) is 3.00. The highest BCUT2D eigenvalue weighted by Gasteiger charge is 2.39. The van der Waals surface area contributed by atoms with Crippen LogP contribution in [0.15, 0.2) is 5.38 Å². The van der Waals surface area contributed by atoms with Crippen LogP contribution < -0.4 is 5.32 Å². The first-order valence-corrected chi connectivity index (χ1v) is 9.00. The molecule has 0 saturated heterocycles. The lowest BCUT2D eigenvalue weighted by molar-refractivity contribution is -0.141. The molecule has 5 nitrogen and oxygen atoms in total. The van der Waals surface area contributed by atoms with Gasteiger partial charge in [0.05, 0.1) is 22.9 Å². The van der Waals surface area contributed by atoms with E-state index in [1.807, 2.05) is 12.3 Å². The average Bonchev–Trinajstić information content (AvgIpc) is 2.78. The van der Waals surface area contributed by atoms with E-state index in [0.717, 1.165) is 35.7 Å². The molecule has 1 heterocycles. The molecule has 7 heteroatoms. The molecule has 1 amide bonds. The number of carboxylic acid groups (broad SMARTS) is 1. The molecule has 0 bridgehead atoms. The minimum atomic E-state index is -0.780. The van der Waals surface area contributed by atoms with E-state index in [9.17, 15) is 9.59 Å². The third-order valence-corrected chi connectivity index (χ3v) is 5.54. The van der Waals surface area contributed by atoms with Gasteiger partial charge in [-0.3, -0.25) is 9.59 Å². The van der Waals surface area contributed by atoms with Gasteiger partial charge in [-0.2, -0.15) is 0 Å². The van der Waals surface area contributed by atoms with Gasteiger partial charge in [-0.25, -0.2) is 4.98 Å². The van der Waals surface area contributed by atoms with Crippen LogP contribution >= 0.6 is 23.1 Å². The number of nitrogens with one attached hydrogen (secondary N) is 1. The molecule has 1 aromatic rings. The zero-order chi connectivity index (χ0) is 15.3. The molecule has 0 aromatic carbocycles. The number of nitrogens with zero attached hydrogens (tertiary/aromatic N) is 1. The van der Waals surface area contributed by atoms with Crippen LogP contribution in [0.2, 0.25) is 0 Å². The number of carbonyl (C=O) groups is 2. The van der Waals surface area contributed by atoms with Gasteiger partial charge < -0.3 is 10.4 Å². The van der Waals surface area contributed by atoms with Gasteiger partial charge in [0.25, 0.3) is 0 Å². The number of hydrogen-bond donors (Lipinski definition) is 2. The number of rotatable bonds is 8. The number of hydrogen-bond acceptors (Lipinski definition) is 5. The number of thiazole rings is 1. The normalized spacial score (nSPS) is 16.2. The van der Waals surface area contributed by atoms with Crippen molar-refractivity contribution in [3.05, 3.63) is 16.1 Å². The van der Waals surface area contributed by atoms with Crippen molar-refractivity contribution < 1.29 is 14.7 Å². The van der Waals surface area contributed by atoms with Gasteiger partial charge in [0, 0.05) is 17.7 Å². The summed E-state index contributed by atoms with van der Waals surface area (Å²) in [6.45, 7) is 2.44. The minimum Gasteiger partial charge on any atom is -0.481 e. The van der Waals surface area contributed by atoms with Gasteiger partial charge in [-0.1, -0.05) is 6.42 Å². The predicted molar refractivity (Wildman–Crippen MR) is 84.6 cm³/mol. The lowest BCUT2D eigenvalue weighted by Crippen LogP contribution is -2.44. The second-order valence-corrected chi connectivity index (χ2v) is 7.60. The highest BCUT2D eigenvalue weighted by atomic mass is 32.2. The largest absolute Gasteiger partial charge is 0.481 e. The predicted octanol–water partition coefficient (Wildman–Crippen LogP) is 2.45. The van der Waals surface area contributed by atoms with Crippen molar-refractivity contribution in [1.82, 2.24) is 10.3 Å². The average molecular weight is 328 g/mol. The number of carboxylic acids is 1. The molecule has 0 radical (unpaired) electrons. The van der Waals surface area contributed by atoms with Gasteiger partial charge >= 0.3 is 5.97 Å². The summed E-state index contributed by atoms with van der Waals surface area (Å²) in [5.74, 6) is 0.318. The molecule has 1 aliphatic carbocycles. The minimum absolute atomic E-state index is 0.0244. The quantitative estimate of drug-likeness (QED) is 0.766. The van der Waals surface area contributed by atoms with Crippen molar-refractivity contribution in [2.24, 2.45) is 5.41 Å².